The van der Waals surface area contributed by atoms with Gasteiger partial charge in [0, 0.05) is 10.8 Å². The molecule has 0 fully saturated rings. The molecule has 3 nitrogen and oxygen atoms in total. The smallest absolute Gasteiger partial charge is 0.223 e. The topological polar surface area (TPSA) is 49.3 Å². The van der Waals surface area contributed by atoms with Crippen molar-refractivity contribution in [2.75, 3.05) is 6.61 Å². The Bertz CT molecular complexity index is 333. The number of hydrogen-bond acceptors (Lipinski definition) is 3. The fourth-order valence-electron chi connectivity index (χ4n) is 1.32. The Kier molecular flexibility index (Phi) is 4.50. The maximum absolute atomic E-state index is 11.8. The highest BCUT2D eigenvalue weighted by Crippen LogP contribution is 2.15. The van der Waals surface area contributed by atoms with Crippen LogP contribution >= 0.6 is 11.3 Å². The molecule has 1 heterocycles. The molecule has 0 aliphatic carbocycles. The molecule has 0 aliphatic rings. The van der Waals surface area contributed by atoms with Crippen LogP contribution in [0.4, 0.5) is 0 Å². The Morgan fingerprint density at radius 1 is 1.62 bits per heavy atom. The van der Waals surface area contributed by atoms with Crippen LogP contribution in [0.25, 0.3) is 0 Å². The largest absolute Gasteiger partial charge is 0.394 e. The second kappa shape index (κ2) is 5.46. The van der Waals surface area contributed by atoms with Gasteiger partial charge in [-0.15, -0.1) is 11.3 Å². The van der Waals surface area contributed by atoms with Crippen molar-refractivity contribution in [2.45, 2.75) is 32.7 Å². The molecule has 1 atom stereocenters. The van der Waals surface area contributed by atoms with Crippen molar-refractivity contribution in [2.24, 2.45) is 5.92 Å². The number of amides is 1. The summed E-state index contributed by atoms with van der Waals surface area (Å²) in [6, 6.07) is 4.02. The van der Waals surface area contributed by atoms with Crippen LogP contribution in [0.1, 0.15) is 25.6 Å². The molecule has 0 bridgehead atoms. The zero-order chi connectivity index (χ0) is 12.2. The van der Waals surface area contributed by atoms with Crippen LogP contribution in [-0.2, 0) is 11.2 Å². The van der Waals surface area contributed by atoms with E-state index in [0.717, 1.165) is 6.42 Å². The molecule has 0 saturated heterocycles. The van der Waals surface area contributed by atoms with Crippen LogP contribution in [0.15, 0.2) is 17.5 Å². The van der Waals surface area contributed by atoms with Crippen molar-refractivity contribution in [1.82, 2.24) is 5.32 Å². The third kappa shape index (κ3) is 3.94. The normalized spacial score (nSPS) is 13.5. The van der Waals surface area contributed by atoms with Crippen LogP contribution in [0.3, 0.4) is 0 Å². The van der Waals surface area contributed by atoms with Gasteiger partial charge in [-0.05, 0) is 31.7 Å². The fourth-order valence-corrected chi connectivity index (χ4v) is 2.15. The number of carbonyl (C=O) groups is 1. The zero-order valence-corrected chi connectivity index (χ0v) is 10.8. The lowest BCUT2D eigenvalue weighted by Crippen LogP contribution is -2.48. The van der Waals surface area contributed by atoms with Gasteiger partial charge in [0.2, 0.25) is 5.91 Å². The van der Waals surface area contributed by atoms with E-state index in [-0.39, 0.29) is 18.4 Å². The Hall–Kier alpha value is -0.870. The van der Waals surface area contributed by atoms with Crippen molar-refractivity contribution in [3.05, 3.63) is 22.4 Å². The average molecular weight is 241 g/mol. The highest BCUT2D eigenvalue weighted by Gasteiger charge is 2.22. The third-order valence-corrected chi connectivity index (χ3v) is 3.29. The van der Waals surface area contributed by atoms with Crippen molar-refractivity contribution in [3.63, 3.8) is 0 Å². The van der Waals surface area contributed by atoms with Gasteiger partial charge in [0.15, 0.2) is 0 Å². The van der Waals surface area contributed by atoms with Crippen molar-refractivity contribution in [1.29, 1.82) is 0 Å². The predicted molar refractivity (Wildman–Crippen MR) is 66.5 cm³/mol. The summed E-state index contributed by atoms with van der Waals surface area (Å²) in [7, 11) is 0. The minimum Gasteiger partial charge on any atom is -0.394 e. The van der Waals surface area contributed by atoms with Gasteiger partial charge >= 0.3 is 0 Å². The number of hydrogen-bond donors (Lipinski definition) is 2. The first-order chi connectivity index (χ1) is 7.44. The maximum Gasteiger partial charge on any atom is 0.223 e. The molecule has 0 aromatic carbocycles. The van der Waals surface area contributed by atoms with E-state index in [1.807, 2.05) is 38.3 Å². The van der Waals surface area contributed by atoms with Gasteiger partial charge in [0.05, 0.1) is 12.1 Å². The minimum atomic E-state index is -0.541. The molecule has 4 heteroatoms. The molecule has 16 heavy (non-hydrogen) atoms. The van der Waals surface area contributed by atoms with Gasteiger partial charge in [-0.1, -0.05) is 13.0 Å². The first-order valence-electron chi connectivity index (χ1n) is 5.40. The average Bonchev–Trinajstić information content (AvgIpc) is 2.69. The zero-order valence-electron chi connectivity index (χ0n) is 9.99. The monoisotopic (exact) mass is 241 g/mol. The third-order valence-electron chi connectivity index (χ3n) is 2.39. The SMILES string of the molecule is CC(Cc1cccs1)C(=O)NC(C)(C)CO. The van der Waals surface area contributed by atoms with E-state index in [1.165, 1.54) is 4.88 Å². The summed E-state index contributed by atoms with van der Waals surface area (Å²) in [6.07, 6.45) is 0.755. The van der Waals surface area contributed by atoms with E-state index < -0.39 is 5.54 Å². The van der Waals surface area contributed by atoms with E-state index in [2.05, 4.69) is 5.32 Å². The van der Waals surface area contributed by atoms with Crippen LogP contribution in [0.2, 0.25) is 0 Å². The lowest BCUT2D eigenvalue weighted by atomic mass is 10.0. The molecule has 1 aromatic rings. The lowest BCUT2D eigenvalue weighted by Gasteiger charge is -2.25. The lowest BCUT2D eigenvalue weighted by molar-refractivity contribution is -0.126. The number of rotatable bonds is 5. The fraction of sp³-hybridized carbons (Fsp3) is 0.583. The van der Waals surface area contributed by atoms with Crippen molar-refractivity contribution < 1.29 is 9.90 Å². The summed E-state index contributed by atoms with van der Waals surface area (Å²) in [6.45, 7) is 5.47. The van der Waals surface area contributed by atoms with Gasteiger partial charge in [0.1, 0.15) is 0 Å². The molecule has 90 valence electrons. The standard InChI is InChI=1S/C12H19NO2S/c1-9(7-10-5-4-6-16-10)11(15)13-12(2,3)8-14/h4-6,9,14H,7-8H2,1-3H3,(H,13,15). The predicted octanol–water partition coefficient (Wildman–Crippen LogP) is 1.81. The van der Waals surface area contributed by atoms with E-state index in [0.29, 0.717) is 0 Å². The minimum absolute atomic E-state index is 0.00699. The van der Waals surface area contributed by atoms with Gasteiger partial charge < -0.3 is 10.4 Å². The summed E-state index contributed by atoms with van der Waals surface area (Å²) >= 11 is 1.66. The maximum atomic E-state index is 11.8. The van der Waals surface area contributed by atoms with Crippen LogP contribution in [0, 0.1) is 5.92 Å². The summed E-state index contributed by atoms with van der Waals surface area (Å²) in [5.41, 5.74) is -0.541. The molecule has 0 aliphatic heterocycles. The van der Waals surface area contributed by atoms with Crippen molar-refractivity contribution >= 4 is 17.2 Å². The molecule has 0 saturated carbocycles. The van der Waals surface area contributed by atoms with Gasteiger partial charge in [-0.2, -0.15) is 0 Å². The highest BCUT2D eigenvalue weighted by molar-refractivity contribution is 7.09. The number of nitrogens with one attached hydrogen (secondary N) is 1. The summed E-state index contributed by atoms with van der Waals surface area (Å²) in [5.74, 6) is -0.0723. The molecule has 0 spiro atoms. The summed E-state index contributed by atoms with van der Waals surface area (Å²) in [5, 5.41) is 13.9. The van der Waals surface area contributed by atoms with E-state index in [4.69, 9.17) is 5.11 Å². The number of carbonyl (C=O) groups excluding carboxylic acids is 1. The number of aliphatic hydroxyl groups excluding tert-OH is 1. The van der Waals surface area contributed by atoms with E-state index >= 15 is 0 Å². The van der Waals surface area contributed by atoms with Crippen LogP contribution < -0.4 is 5.32 Å². The Labute approximate surface area is 100 Å². The van der Waals surface area contributed by atoms with E-state index in [1.54, 1.807) is 11.3 Å². The molecule has 1 rings (SSSR count). The summed E-state index contributed by atoms with van der Waals surface area (Å²) < 4.78 is 0. The number of aliphatic hydroxyl groups is 1. The van der Waals surface area contributed by atoms with Gasteiger partial charge in [-0.3, -0.25) is 4.79 Å². The van der Waals surface area contributed by atoms with Crippen molar-refractivity contribution in [3.8, 4) is 0 Å². The molecular weight excluding hydrogens is 222 g/mol. The second-order valence-corrected chi connectivity index (χ2v) is 5.75. The Morgan fingerprint density at radius 3 is 2.81 bits per heavy atom. The molecular formula is C12H19NO2S. The van der Waals surface area contributed by atoms with E-state index in [9.17, 15) is 4.79 Å². The Morgan fingerprint density at radius 2 is 2.31 bits per heavy atom. The quantitative estimate of drug-likeness (QED) is 0.826. The Balaban J connectivity index is 2.48. The van der Waals surface area contributed by atoms with Crippen LogP contribution in [0.5, 0.6) is 0 Å². The first kappa shape index (κ1) is 13.2. The molecule has 2 N–H and O–H groups in total. The highest BCUT2D eigenvalue weighted by atomic mass is 32.1. The van der Waals surface area contributed by atoms with Gasteiger partial charge in [0.25, 0.3) is 0 Å². The number of thiophene rings is 1. The molecule has 1 unspecified atom stereocenters. The second-order valence-electron chi connectivity index (χ2n) is 4.72. The molecule has 1 aromatic heterocycles. The molecule has 1 amide bonds. The first-order valence-corrected chi connectivity index (χ1v) is 6.28. The summed E-state index contributed by atoms with van der Waals surface area (Å²) in [4.78, 5) is 13.0. The van der Waals surface area contributed by atoms with Gasteiger partial charge in [-0.25, -0.2) is 0 Å². The molecule has 0 radical (unpaired) electrons. The van der Waals surface area contributed by atoms with Crippen LogP contribution in [-0.4, -0.2) is 23.2 Å².